The monoisotopic (exact) mass is 297 g/mol. The summed E-state index contributed by atoms with van der Waals surface area (Å²) in [6.45, 7) is 0.304. The highest BCUT2D eigenvalue weighted by Crippen LogP contribution is 2.33. The van der Waals surface area contributed by atoms with Gasteiger partial charge in [-0.3, -0.25) is 9.59 Å². The molecule has 1 saturated carbocycles. The van der Waals surface area contributed by atoms with E-state index in [1.165, 1.54) is 12.8 Å². The van der Waals surface area contributed by atoms with Crippen LogP contribution >= 0.6 is 0 Å². The van der Waals surface area contributed by atoms with Crippen LogP contribution in [0.4, 0.5) is 0 Å². The Labute approximate surface area is 129 Å². The Morgan fingerprint density at radius 3 is 2.77 bits per heavy atom. The maximum atomic E-state index is 12.6. The van der Waals surface area contributed by atoms with Gasteiger partial charge >= 0.3 is 0 Å². The minimum Gasteiger partial charge on any atom is -0.368 e. The zero-order valence-electron chi connectivity index (χ0n) is 12.4. The van der Waals surface area contributed by atoms with Gasteiger partial charge in [0.15, 0.2) is 0 Å². The second-order valence-electron chi connectivity index (χ2n) is 6.18. The van der Waals surface area contributed by atoms with E-state index in [1.54, 1.807) is 23.1 Å². The fourth-order valence-electron chi connectivity index (χ4n) is 3.67. The Bertz CT molecular complexity index is 656. The Kier molecular flexibility index (Phi) is 3.84. The summed E-state index contributed by atoms with van der Waals surface area (Å²) in [5.74, 6) is -0.176. The maximum Gasteiger partial charge on any atom is 0.255 e. The molecule has 0 spiro atoms. The fourth-order valence-corrected chi connectivity index (χ4v) is 3.67. The van der Waals surface area contributed by atoms with Gasteiger partial charge in [-0.15, -0.1) is 0 Å². The lowest BCUT2D eigenvalue weighted by molar-refractivity contribution is -0.123. The Morgan fingerprint density at radius 2 is 2.14 bits per heavy atom. The second kappa shape index (κ2) is 5.80. The van der Waals surface area contributed by atoms with E-state index in [1.807, 2.05) is 0 Å². The van der Waals surface area contributed by atoms with Crippen LogP contribution in [0, 0.1) is 17.2 Å². The van der Waals surface area contributed by atoms with Crippen LogP contribution in [0.5, 0.6) is 0 Å². The second-order valence-corrected chi connectivity index (χ2v) is 6.18. The number of carbonyl (C=O) groups is 2. The third-order valence-corrected chi connectivity index (χ3v) is 4.85. The first-order chi connectivity index (χ1) is 10.6. The predicted molar refractivity (Wildman–Crippen MR) is 80.6 cm³/mol. The van der Waals surface area contributed by atoms with Crippen LogP contribution in [0.2, 0.25) is 0 Å². The molecule has 2 amide bonds. The van der Waals surface area contributed by atoms with Crippen molar-refractivity contribution in [1.82, 2.24) is 4.90 Å². The van der Waals surface area contributed by atoms with Gasteiger partial charge in [-0.2, -0.15) is 5.26 Å². The molecule has 3 rings (SSSR count). The first kappa shape index (κ1) is 14.6. The molecule has 2 N–H and O–H groups in total. The first-order valence-corrected chi connectivity index (χ1v) is 7.74. The molecule has 2 aliphatic rings. The van der Waals surface area contributed by atoms with Gasteiger partial charge in [0.1, 0.15) is 6.04 Å². The van der Waals surface area contributed by atoms with Gasteiger partial charge in [-0.05, 0) is 24.5 Å². The molecule has 5 heteroatoms. The van der Waals surface area contributed by atoms with Crippen molar-refractivity contribution in [3.63, 3.8) is 0 Å². The van der Waals surface area contributed by atoms with Gasteiger partial charge in [-0.25, -0.2) is 0 Å². The molecule has 114 valence electrons. The minimum absolute atomic E-state index is 0.186. The van der Waals surface area contributed by atoms with Crippen LogP contribution in [0.15, 0.2) is 18.2 Å². The van der Waals surface area contributed by atoms with Crippen molar-refractivity contribution in [2.24, 2.45) is 11.7 Å². The summed E-state index contributed by atoms with van der Waals surface area (Å²) < 4.78 is 0. The molecular formula is C17H19N3O2. The topological polar surface area (TPSA) is 87.2 Å². The lowest BCUT2D eigenvalue weighted by Gasteiger charge is -2.27. The number of nitrogens with zero attached hydrogens (tertiary/aromatic N) is 2. The lowest BCUT2D eigenvalue weighted by atomic mass is 9.97. The number of fused-ring (bicyclic) bond motifs is 1. The van der Waals surface area contributed by atoms with Crippen LogP contribution in [0.3, 0.4) is 0 Å². The van der Waals surface area contributed by atoms with Crippen molar-refractivity contribution in [3.05, 3.63) is 34.9 Å². The standard InChI is InChI=1S/C17H19N3O2/c18-9-12-6-3-7-13-14(12)10-20(17(13)22)15(16(19)21)8-11-4-1-2-5-11/h3,6-7,11,15H,1-2,4-5,8,10H2,(H2,19,21). The van der Waals surface area contributed by atoms with Crippen molar-refractivity contribution in [2.45, 2.75) is 44.7 Å². The molecule has 1 aromatic rings. The summed E-state index contributed by atoms with van der Waals surface area (Å²) in [5, 5.41) is 9.18. The van der Waals surface area contributed by atoms with Crippen molar-refractivity contribution >= 4 is 11.8 Å². The van der Waals surface area contributed by atoms with E-state index in [0.717, 1.165) is 12.8 Å². The molecule has 5 nitrogen and oxygen atoms in total. The normalized spacial score (nSPS) is 19.0. The van der Waals surface area contributed by atoms with Gasteiger partial charge in [-0.1, -0.05) is 31.7 Å². The van der Waals surface area contributed by atoms with Crippen LogP contribution in [-0.2, 0) is 11.3 Å². The van der Waals surface area contributed by atoms with Gasteiger partial charge in [0, 0.05) is 17.7 Å². The fraction of sp³-hybridized carbons (Fsp3) is 0.471. The molecule has 0 saturated heterocycles. The van der Waals surface area contributed by atoms with Crippen LogP contribution < -0.4 is 5.73 Å². The third kappa shape index (κ3) is 2.45. The van der Waals surface area contributed by atoms with E-state index >= 15 is 0 Å². The molecule has 22 heavy (non-hydrogen) atoms. The van der Waals surface area contributed by atoms with Crippen molar-refractivity contribution in [2.75, 3.05) is 0 Å². The maximum absolute atomic E-state index is 12.6. The summed E-state index contributed by atoms with van der Waals surface area (Å²) >= 11 is 0. The average Bonchev–Trinajstić information content (AvgIpc) is 3.13. The van der Waals surface area contributed by atoms with Gasteiger partial charge in [0.05, 0.1) is 11.6 Å². The zero-order chi connectivity index (χ0) is 15.7. The van der Waals surface area contributed by atoms with E-state index in [9.17, 15) is 14.9 Å². The molecule has 0 aromatic heterocycles. The molecule has 1 aliphatic carbocycles. The molecule has 1 atom stereocenters. The van der Waals surface area contributed by atoms with E-state index in [4.69, 9.17) is 5.73 Å². The molecular weight excluding hydrogens is 278 g/mol. The number of hydrogen-bond acceptors (Lipinski definition) is 3. The number of nitrogens with two attached hydrogens (primary N) is 1. The first-order valence-electron chi connectivity index (χ1n) is 7.74. The highest BCUT2D eigenvalue weighted by molar-refractivity contribution is 6.01. The highest BCUT2D eigenvalue weighted by Gasteiger charge is 2.37. The Hall–Kier alpha value is -2.35. The zero-order valence-corrected chi connectivity index (χ0v) is 12.4. The number of benzene rings is 1. The predicted octanol–water partition coefficient (Wildman–Crippen LogP) is 1.95. The Balaban J connectivity index is 1.86. The number of rotatable bonds is 4. The quantitative estimate of drug-likeness (QED) is 0.921. The summed E-state index contributed by atoms with van der Waals surface area (Å²) in [5.41, 5.74) is 7.30. The Morgan fingerprint density at radius 1 is 1.41 bits per heavy atom. The molecule has 1 fully saturated rings. The van der Waals surface area contributed by atoms with Crippen molar-refractivity contribution in [3.8, 4) is 6.07 Å². The molecule has 0 radical (unpaired) electrons. The van der Waals surface area contributed by atoms with E-state index < -0.39 is 11.9 Å². The van der Waals surface area contributed by atoms with E-state index in [0.29, 0.717) is 35.6 Å². The number of nitriles is 1. The average molecular weight is 297 g/mol. The third-order valence-electron chi connectivity index (χ3n) is 4.85. The smallest absolute Gasteiger partial charge is 0.255 e. The van der Waals surface area contributed by atoms with Crippen molar-refractivity contribution in [1.29, 1.82) is 5.26 Å². The largest absolute Gasteiger partial charge is 0.368 e. The summed E-state index contributed by atoms with van der Waals surface area (Å²) in [6.07, 6.45) is 5.20. The van der Waals surface area contributed by atoms with Gasteiger partial charge < -0.3 is 10.6 Å². The van der Waals surface area contributed by atoms with Crippen molar-refractivity contribution < 1.29 is 9.59 Å². The van der Waals surface area contributed by atoms with Crippen LogP contribution in [0.25, 0.3) is 0 Å². The van der Waals surface area contributed by atoms with Crippen LogP contribution in [-0.4, -0.2) is 22.8 Å². The minimum atomic E-state index is -0.574. The summed E-state index contributed by atoms with van der Waals surface area (Å²) in [4.78, 5) is 26.0. The summed E-state index contributed by atoms with van der Waals surface area (Å²) in [6, 6.07) is 6.66. The molecule has 1 aliphatic heterocycles. The number of amides is 2. The van der Waals surface area contributed by atoms with E-state index in [-0.39, 0.29) is 5.91 Å². The molecule has 1 aromatic carbocycles. The van der Waals surface area contributed by atoms with Gasteiger partial charge in [0.2, 0.25) is 5.91 Å². The SMILES string of the molecule is N#Cc1cccc2c1CN(C(CC1CCCC1)C(N)=O)C2=O. The lowest BCUT2D eigenvalue weighted by Crippen LogP contribution is -2.45. The number of hydrogen-bond donors (Lipinski definition) is 1. The molecule has 1 heterocycles. The number of primary amides is 1. The highest BCUT2D eigenvalue weighted by atomic mass is 16.2. The van der Waals surface area contributed by atoms with Gasteiger partial charge in [0.25, 0.3) is 5.91 Å². The summed E-state index contributed by atoms with van der Waals surface area (Å²) in [7, 11) is 0. The molecule has 1 unspecified atom stereocenters. The molecule has 0 bridgehead atoms. The number of carbonyl (C=O) groups excluding carboxylic acids is 2. The van der Waals surface area contributed by atoms with Crippen LogP contribution in [0.1, 0.15) is 53.6 Å². The van der Waals surface area contributed by atoms with E-state index in [2.05, 4.69) is 6.07 Å².